The second-order valence-electron chi connectivity index (χ2n) is 7.11. The summed E-state index contributed by atoms with van der Waals surface area (Å²) in [7, 11) is 4.04. The average Bonchev–Trinajstić information content (AvgIpc) is 2.96. The van der Waals surface area contributed by atoms with Gasteiger partial charge in [-0.05, 0) is 58.6 Å². The predicted octanol–water partition coefficient (Wildman–Crippen LogP) is 3.63. The Hall–Kier alpha value is -2.73. The summed E-state index contributed by atoms with van der Waals surface area (Å²) in [5.41, 5.74) is 4.01. The van der Waals surface area contributed by atoms with Crippen LogP contribution in [0.2, 0.25) is 0 Å². The average molecular weight is 351 g/mol. The molecule has 0 bridgehead atoms. The van der Waals surface area contributed by atoms with Crippen molar-refractivity contribution >= 4 is 22.6 Å². The number of amides is 1. The molecule has 136 valence electrons. The standard InChI is InChI=1S/C20H25N5O/c1-13(2)25-19-16(11-21-25)10-18(14(3)22-19)20(26)23-17-8-6-7-15(9-17)12-24(4)5/h6-11,13H,12H2,1-5H3,(H,23,26). The molecule has 0 radical (unpaired) electrons. The van der Waals surface area contributed by atoms with Crippen molar-refractivity contribution in [1.29, 1.82) is 0 Å². The first-order chi connectivity index (χ1) is 12.3. The van der Waals surface area contributed by atoms with Crippen molar-refractivity contribution in [2.45, 2.75) is 33.4 Å². The van der Waals surface area contributed by atoms with Crippen LogP contribution in [-0.2, 0) is 6.54 Å². The van der Waals surface area contributed by atoms with Gasteiger partial charge in [-0.1, -0.05) is 12.1 Å². The van der Waals surface area contributed by atoms with Crippen LogP contribution in [0, 0.1) is 6.92 Å². The summed E-state index contributed by atoms with van der Waals surface area (Å²) in [5, 5.41) is 8.23. The second-order valence-corrected chi connectivity index (χ2v) is 7.11. The molecule has 0 saturated heterocycles. The van der Waals surface area contributed by atoms with Crippen molar-refractivity contribution in [2.75, 3.05) is 19.4 Å². The number of pyridine rings is 1. The highest BCUT2D eigenvalue weighted by atomic mass is 16.1. The van der Waals surface area contributed by atoms with Crippen LogP contribution in [0.1, 0.15) is 41.5 Å². The van der Waals surface area contributed by atoms with Crippen molar-refractivity contribution < 1.29 is 4.79 Å². The molecular formula is C20H25N5O. The maximum absolute atomic E-state index is 12.8. The van der Waals surface area contributed by atoms with E-state index in [1.807, 2.05) is 50.0 Å². The molecule has 1 amide bonds. The Morgan fingerprint density at radius 2 is 2.04 bits per heavy atom. The lowest BCUT2D eigenvalue weighted by atomic mass is 10.1. The fourth-order valence-electron chi connectivity index (χ4n) is 2.98. The Kier molecular flexibility index (Phi) is 5.04. The van der Waals surface area contributed by atoms with E-state index in [4.69, 9.17) is 0 Å². The van der Waals surface area contributed by atoms with Crippen molar-refractivity contribution in [2.24, 2.45) is 0 Å². The van der Waals surface area contributed by atoms with Gasteiger partial charge in [0.2, 0.25) is 0 Å². The molecule has 0 saturated carbocycles. The predicted molar refractivity (Wildman–Crippen MR) is 104 cm³/mol. The molecule has 6 heteroatoms. The lowest BCUT2D eigenvalue weighted by molar-refractivity contribution is 0.102. The van der Waals surface area contributed by atoms with E-state index in [1.165, 1.54) is 0 Å². The zero-order chi connectivity index (χ0) is 18.8. The van der Waals surface area contributed by atoms with Crippen LogP contribution in [0.25, 0.3) is 11.0 Å². The van der Waals surface area contributed by atoms with Gasteiger partial charge in [-0.3, -0.25) is 4.79 Å². The van der Waals surface area contributed by atoms with E-state index in [0.717, 1.165) is 28.8 Å². The normalized spacial score (nSPS) is 11.5. The van der Waals surface area contributed by atoms with E-state index in [2.05, 4.69) is 40.2 Å². The van der Waals surface area contributed by atoms with Gasteiger partial charge < -0.3 is 10.2 Å². The van der Waals surface area contributed by atoms with Crippen molar-refractivity contribution in [3.63, 3.8) is 0 Å². The van der Waals surface area contributed by atoms with Crippen LogP contribution >= 0.6 is 0 Å². The molecule has 3 aromatic rings. The monoisotopic (exact) mass is 351 g/mol. The van der Waals surface area contributed by atoms with Crippen LogP contribution in [0.4, 0.5) is 5.69 Å². The third-order valence-electron chi connectivity index (χ3n) is 4.18. The first-order valence-electron chi connectivity index (χ1n) is 8.75. The number of benzene rings is 1. The Bertz CT molecular complexity index is 943. The molecule has 0 unspecified atom stereocenters. The summed E-state index contributed by atoms with van der Waals surface area (Å²) in [6.45, 7) is 6.80. The Labute approximate surface area is 153 Å². The fraction of sp³-hybridized carbons (Fsp3) is 0.350. The van der Waals surface area contributed by atoms with Gasteiger partial charge in [0.25, 0.3) is 5.91 Å². The molecule has 2 heterocycles. The van der Waals surface area contributed by atoms with Crippen LogP contribution in [-0.4, -0.2) is 39.7 Å². The Balaban J connectivity index is 1.87. The summed E-state index contributed by atoms with van der Waals surface area (Å²) in [5.74, 6) is -0.156. The third-order valence-corrected chi connectivity index (χ3v) is 4.18. The molecule has 2 aromatic heterocycles. The molecule has 0 atom stereocenters. The third kappa shape index (κ3) is 3.75. The number of aryl methyl sites for hydroxylation is 1. The molecule has 26 heavy (non-hydrogen) atoms. The lowest BCUT2D eigenvalue weighted by Crippen LogP contribution is -2.15. The lowest BCUT2D eigenvalue weighted by Gasteiger charge is -2.12. The van der Waals surface area contributed by atoms with E-state index < -0.39 is 0 Å². The van der Waals surface area contributed by atoms with E-state index in [9.17, 15) is 4.79 Å². The van der Waals surface area contributed by atoms with Crippen LogP contribution in [0.15, 0.2) is 36.5 Å². The SMILES string of the molecule is Cc1nc2c(cnn2C(C)C)cc1C(=O)Nc1cccc(CN(C)C)c1. The molecule has 0 fully saturated rings. The molecule has 6 nitrogen and oxygen atoms in total. The molecule has 0 aliphatic rings. The zero-order valence-electron chi connectivity index (χ0n) is 15.9. The Morgan fingerprint density at radius 3 is 2.73 bits per heavy atom. The highest BCUT2D eigenvalue weighted by Gasteiger charge is 2.15. The van der Waals surface area contributed by atoms with Crippen LogP contribution in [0.5, 0.6) is 0 Å². The first kappa shape index (κ1) is 18.1. The second kappa shape index (κ2) is 7.25. The van der Waals surface area contributed by atoms with Crippen molar-refractivity contribution in [3.05, 3.63) is 53.3 Å². The number of nitrogens with zero attached hydrogens (tertiary/aromatic N) is 4. The topological polar surface area (TPSA) is 63.1 Å². The quantitative estimate of drug-likeness (QED) is 0.762. The summed E-state index contributed by atoms with van der Waals surface area (Å²) in [4.78, 5) is 19.5. The Morgan fingerprint density at radius 1 is 1.27 bits per heavy atom. The minimum atomic E-state index is -0.156. The summed E-state index contributed by atoms with van der Waals surface area (Å²) < 4.78 is 1.87. The minimum Gasteiger partial charge on any atom is -0.322 e. The number of anilines is 1. The molecule has 1 N–H and O–H groups in total. The number of hydrogen-bond acceptors (Lipinski definition) is 4. The number of carbonyl (C=O) groups is 1. The largest absolute Gasteiger partial charge is 0.322 e. The van der Waals surface area contributed by atoms with Crippen molar-refractivity contribution in [1.82, 2.24) is 19.7 Å². The number of fused-ring (bicyclic) bond motifs is 1. The summed E-state index contributed by atoms with van der Waals surface area (Å²) in [6, 6.07) is 9.98. The number of aromatic nitrogens is 3. The highest BCUT2D eigenvalue weighted by molar-refractivity contribution is 6.06. The van der Waals surface area contributed by atoms with E-state index in [1.54, 1.807) is 6.20 Å². The fourth-order valence-corrected chi connectivity index (χ4v) is 2.98. The van der Waals surface area contributed by atoms with E-state index in [0.29, 0.717) is 11.3 Å². The molecule has 3 rings (SSSR count). The van der Waals surface area contributed by atoms with E-state index >= 15 is 0 Å². The molecule has 0 aliphatic heterocycles. The number of rotatable bonds is 5. The van der Waals surface area contributed by atoms with Gasteiger partial charge in [0.1, 0.15) is 0 Å². The van der Waals surface area contributed by atoms with Gasteiger partial charge in [-0.15, -0.1) is 0 Å². The highest BCUT2D eigenvalue weighted by Crippen LogP contribution is 2.20. The number of carbonyl (C=O) groups excluding carboxylic acids is 1. The van der Waals surface area contributed by atoms with Gasteiger partial charge in [-0.25, -0.2) is 9.67 Å². The summed E-state index contributed by atoms with van der Waals surface area (Å²) in [6.07, 6.45) is 1.76. The van der Waals surface area contributed by atoms with Crippen LogP contribution in [0.3, 0.4) is 0 Å². The van der Waals surface area contributed by atoms with Gasteiger partial charge in [0.05, 0.1) is 17.5 Å². The zero-order valence-corrected chi connectivity index (χ0v) is 15.9. The van der Waals surface area contributed by atoms with Gasteiger partial charge in [-0.2, -0.15) is 5.10 Å². The smallest absolute Gasteiger partial charge is 0.257 e. The molecule has 0 spiro atoms. The van der Waals surface area contributed by atoms with Gasteiger partial charge >= 0.3 is 0 Å². The number of hydrogen-bond donors (Lipinski definition) is 1. The maximum Gasteiger partial charge on any atom is 0.257 e. The van der Waals surface area contributed by atoms with Gasteiger partial charge in [0.15, 0.2) is 5.65 Å². The summed E-state index contributed by atoms with van der Waals surface area (Å²) >= 11 is 0. The number of nitrogens with one attached hydrogen (secondary N) is 1. The first-order valence-corrected chi connectivity index (χ1v) is 8.75. The van der Waals surface area contributed by atoms with Crippen LogP contribution < -0.4 is 5.32 Å². The maximum atomic E-state index is 12.8. The minimum absolute atomic E-state index is 0.156. The molecule has 1 aromatic carbocycles. The van der Waals surface area contributed by atoms with Crippen molar-refractivity contribution in [3.8, 4) is 0 Å². The molecular weight excluding hydrogens is 326 g/mol. The van der Waals surface area contributed by atoms with E-state index in [-0.39, 0.29) is 11.9 Å². The molecule has 0 aliphatic carbocycles. The van der Waals surface area contributed by atoms with Gasteiger partial charge in [0, 0.05) is 23.7 Å².